The Bertz CT molecular complexity index is 1200. The van der Waals surface area contributed by atoms with Crippen molar-refractivity contribution in [2.75, 3.05) is 0 Å². The summed E-state index contributed by atoms with van der Waals surface area (Å²) in [4.78, 5) is 17.3. The van der Waals surface area contributed by atoms with Gasteiger partial charge in [0.15, 0.2) is 0 Å². The van der Waals surface area contributed by atoms with Crippen molar-refractivity contribution in [1.29, 1.82) is 0 Å². The van der Waals surface area contributed by atoms with Gasteiger partial charge >= 0.3 is 12.1 Å². The van der Waals surface area contributed by atoms with E-state index < -0.39 is 23.6 Å². The largest absolute Gasteiger partial charge is 0.481 e. The third-order valence-electron chi connectivity index (χ3n) is 6.13. The summed E-state index contributed by atoms with van der Waals surface area (Å²) in [6.45, 7) is 8.13. The van der Waals surface area contributed by atoms with Crippen LogP contribution in [0.3, 0.4) is 0 Å². The minimum absolute atomic E-state index is 0. The molecule has 0 fully saturated rings. The molecule has 0 saturated carbocycles. The van der Waals surface area contributed by atoms with E-state index in [1.165, 1.54) is 12.1 Å². The molecule has 0 aliphatic heterocycles. The normalized spacial score (nSPS) is 12.0. The van der Waals surface area contributed by atoms with Crippen LogP contribution >= 0.6 is 24.8 Å². The standard InChI is InChI=1S/C28H31F3N2O2.2ClH/c1-16(2)13-24-23(15-32)26(20-9-5-17(3)6-10-20)25(18(4)33-24)22(27(34)35)14-19-7-11-21(12-8-19)28(29,30)31;;/h5-12,16,22H,13-15,32H2,1-4H3,(H,34,35);2*1H. The summed E-state index contributed by atoms with van der Waals surface area (Å²) in [6.07, 6.45) is -3.72. The zero-order chi connectivity index (χ0) is 25.9. The molecule has 0 radical (unpaired) electrons. The predicted molar refractivity (Wildman–Crippen MR) is 146 cm³/mol. The summed E-state index contributed by atoms with van der Waals surface area (Å²) in [7, 11) is 0. The number of halogens is 5. The summed E-state index contributed by atoms with van der Waals surface area (Å²) < 4.78 is 39.0. The van der Waals surface area contributed by atoms with E-state index >= 15 is 0 Å². The van der Waals surface area contributed by atoms with E-state index in [1.807, 2.05) is 31.2 Å². The molecule has 202 valence electrons. The van der Waals surface area contributed by atoms with Crippen LogP contribution in [0.15, 0.2) is 48.5 Å². The van der Waals surface area contributed by atoms with Crippen LogP contribution in [0, 0.1) is 19.8 Å². The number of nitrogens with zero attached hydrogens (tertiary/aromatic N) is 1. The molecule has 1 aromatic heterocycles. The molecule has 0 spiro atoms. The SMILES string of the molecule is Cc1ccc(-c2c(CN)c(CC(C)C)nc(C)c2C(Cc2ccc(C(F)(F)F)cc2)C(=O)O)cc1.Cl.Cl. The molecule has 4 nitrogen and oxygen atoms in total. The van der Waals surface area contributed by atoms with Crippen LogP contribution in [0.5, 0.6) is 0 Å². The molecular formula is C28H33Cl2F3N2O2. The molecule has 9 heteroatoms. The van der Waals surface area contributed by atoms with E-state index in [4.69, 9.17) is 10.7 Å². The molecule has 3 rings (SSSR count). The molecule has 0 amide bonds. The molecule has 1 heterocycles. The maximum Gasteiger partial charge on any atom is 0.416 e. The number of aromatic nitrogens is 1. The van der Waals surface area contributed by atoms with Gasteiger partial charge in [0.1, 0.15) is 0 Å². The number of carbonyl (C=O) groups is 1. The van der Waals surface area contributed by atoms with Gasteiger partial charge in [-0.15, -0.1) is 24.8 Å². The van der Waals surface area contributed by atoms with Crippen molar-refractivity contribution in [3.05, 3.63) is 87.7 Å². The molecule has 0 bridgehead atoms. The quantitative estimate of drug-likeness (QED) is 0.305. The van der Waals surface area contributed by atoms with Crippen LogP contribution in [-0.2, 0) is 30.4 Å². The molecule has 0 aliphatic rings. The van der Waals surface area contributed by atoms with E-state index in [-0.39, 0.29) is 37.8 Å². The topological polar surface area (TPSA) is 76.2 Å². The number of aryl methyl sites for hydroxylation is 2. The number of nitrogens with two attached hydrogens (primary N) is 1. The van der Waals surface area contributed by atoms with Crippen LogP contribution < -0.4 is 5.73 Å². The molecule has 1 atom stereocenters. The van der Waals surface area contributed by atoms with Crippen LogP contribution in [-0.4, -0.2) is 16.1 Å². The first-order valence-corrected chi connectivity index (χ1v) is 11.6. The Morgan fingerprint density at radius 3 is 2.00 bits per heavy atom. The highest BCUT2D eigenvalue weighted by Crippen LogP contribution is 2.38. The lowest BCUT2D eigenvalue weighted by molar-refractivity contribution is -0.139. The van der Waals surface area contributed by atoms with Crippen molar-refractivity contribution < 1.29 is 23.1 Å². The summed E-state index contributed by atoms with van der Waals surface area (Å²) in [6, 6.07) is 12.5. The predicted octanol–water partition coefficient (Wildman–Crippen LogP) is 7.30. The third-order valence-corrected chi connectivity index (χ3v) is 6.13. The van der Waals surface area contributed by atoms with E-state index in [0.717, 1.165) is 40.1 Å². The summed E-state index contributed by atoms with van der Waals surface area (Å²) in [5.74, 6) is -1.75. The fraction of sp³-hybridized carbons (Fsp3) is 0.357. The van der Waals surface area contributed by atoms with Crippen molar-refractivity contribution in [3.63, 3.8) is 0 Å². The first-order valence-electron chi connectivity index (χ1n) is 11.6. The maximum absolute atomic E-state index is 13.0. The third kappa shape index (κ3) is 7.69. The van der Waals surface area contributed by atoms with Crippen molar-refractivity contribution in [1.82, 2.24) is 4.98 Å². The summed E-state index contributed by atoms with van der Waals surface area (Å²) in [5, 5.41) is 10.3. The van der Waals surface area contributed by atoms with Gasteiger partial charge in [0, 0.05) is 17.9 Å². The van der Waals surface area contributed by atoms with E-state index in [2.05, 4.69) is 13.8 Å². The van der Waals surface area contributed by atoms with E-state index in [1.54, 1.807) is 6.92 Å². The summed E-state index contributed by atoms with van der Waals surface area (Å²) in [5.41, 5.74) is 11.4. The first-order chi connectivity index (χ1) is 16.4. The van der Waals surface area contributed by atoms with Crippen molar-refractivity contribution in [2.24, 2.45) is 11.7 Å². The van der Waals surface area contributed by atoms with Gasteiger partial charge in [-0.1, -0.05) is 55.8 Å². The van der Waals surface area contributed by atoms with Gasteiger partial charge in [0.2, 0.25) is 0 Å². The lowest BCUT2D eigenvalue weighted by Crippen LogP contribution is -2.21. The Morgan fingerprint density at radius 1 is 0.973 bits per heavy atom. The average Bonchev–Trinajstić information content (AvgIpc) is 2.77. The Hall–Kier alpha value is -2.61. The van der Waals surface area contributed by atoms with E-state index in [9.17, 15) is 23.1 Å². The molecule has 3 aromatic rings. The lowest BCUT2D eigenvalue weighted by atomic mass is 9.82. The van der Waals surface area contributed by atoms with Gasteiger partial charge in [-0.25, -0.2) is 0 Å². The Morgan fingerprint density at radius 2 is 1.54 bits per heavy atom. The molecule has 0 aliphatic carbocycles. The highest BCUT2D eigenvalue weighted by atomic mass is 35.5. The highest BCUT2D eigenvalue weighted by molar-refractivity contribution is 5.86. The van der Waals surface area contributed by atoms with Gasteiger partial charge in [-0.05, 0) is 72.6 Å². The van der Waals surface area contributed by atoms with Gasteiger partial charge in [0.25, 0.3) is 0 Å². The van der Waals surface area contributed by atoms with Crippen LogP contribution in [0.4, 0.5) is 13.2 Å². The van der Waals surface area contributed by atoms with Crippen molar-refractivity contribution in [2.45, 2.75) is 59.2 Å². The fourth-order valence-electron chi connectivity index (χ4n) is 4.45. The number of carboxylic acids is 1. The Kier molecular flexibility index (Phi) is 11.6. The molecule has 1 unspecified atom stereocenters. The second-order valence-corrected chi connectivity index (χ2v) is 9.37. The van der Waals surface area contributed by atoms with Crippen LogP contribution in [0.25, 0.3) is 11.1 Å². The van der Waals surface area contributed by atoms with Crippen LogP contribution in [0.1, 0.15) is 59.0 Å². The number of rotatable bonds is 8. The Balaban J connectivity index is 0.00000342. The second kappa shape index (κ2) is 13.3. The second-order valence-electron chi connectivity index (χ2n) is 9.37. The minimum Gasteiger partial charge on any atom is -0.481 e. The number of alkyl halides is 3. The molecule has 2 aromatic carbocycles. The number of hydrogen-bond acceptors (Lipinski definition) is 3. The highest BCUT2D eigenvalue weighted by Gasteiger charge is 2.32. The minimum atomic E-state index is -4.45. The van der Waals surface area contributed by atoms with Crippen molar-refractivity contribution >= 4 is 30.8 Å². The smallest absolute Gasteiger partial charge is 0.416 e. The number of hydrogen-bond donors (Lipinski definition) is 2. The van der Waals surface area contributed by atoms with Crippen molar-refractivity contribution in [3.8, 4) is 11.1 Å². The molecule has 37 heavy (non-hydrogen) atoms. The number of carboxylic acid groups (broad SMARTS) is 1. The zero-order valence-electron chi connectivity index (χ0n) is 21.2. The summed E-state index contributed by atoms with van der Waals surface area (Å²) >= 11 is 0. The monoisotopic (exact) mass is 556 g/mol. The van der Waals surface area contributed by atoms with Crippen LogP contribution in [0.2, 0.25) is 0 Å². The molecular weight excluding hydrogens is 524 g/mol. The van der Waals surface area contributed by atoms with Gasteiger partial charge in [0.05, 0.1) is 11.5 Å². The van der Waals surface area contributed by atoms with E-state index in [0.29, 0.717) is 29.2 Å². The first kappa shape index (κ1) is 32.4. The molecule has 0 saturated heterocycles. The molecule has 3 N–H and O–H groups in total. The average molecular weight is 557 g/mol. The van der Waals surface area contributed by atoms with Gasteiger partial charge < -0.3 is 10.8 Å². The van der Waals surface area contributed by atoms with Gasteiger partial charge in [-0.2, -0.15) is 13.2 Å². The fourth-order valence-corrected chi connectivity index (χ4v) is 4.45. The number of aliphatic carboxylic acids is 1. The maximum atomic E-state index is 13.0. The number of pyridine rings is 1. The zero-order valence-corrected chi connectivity index (χ0v) is 22.9. The number of benzene rings is 2. The Labute approximate surface area is 228 Å². The lowest BCUT2D eigenvalue weighted by Gasteiger charge is -2.25. The van der Waals surface area contributed by atoms with Gasteiger partial charge in [-0.3, -0.25) is 9.78 Å².